The molecule has 2 aliphatic heterocycles. The topological polar surface area (TPSA) is 38.8 Å². The number of ether oxygens (including phenoxy) is 2. The van der Waals surface area contributed by atoms with Crippen LogP contribution in [0.3, 0.4) is 0 Å². The van der Waals surface area contributed by atoms with E-state index in [-0.39, 0.29) is 17.4 Å². The number of hydrogen-bond donors (Lipinski definition) is 0. The highest BCUT2D eigenvalue weighted by Crippen LogP contribution is 2.44. The zero-order chi connectivity index (χ0) is 15.6. The summed E-state index contributed by atoms with van der Waals surface area (Å²) in [7, 11) is 0. The molecule has 0 aliphatic carbocycles. The van der Waals surface area contributed by atoms with Crippen molar-refractivity contribution >= 4 is 5.97 Å². The Morgan fingerprint density at radius 1 is 1.41 bits per heavy atom. The summed E-state index contributed by atoms with van der Waals surface area (Å²) in [4.78, 5) is 13.7. The van der Waals surface area contributed by atoms with Gasteiger partial charge in [-0.25, -0.2) is 4.39 Å². The van der Waals surface area contributed by atoms with Crippen LogP contribution in [0.2, 0.25) is 0 Å². The first kappa shape index (κ1) is 15.4. The Hall–Kier alpha value is -1.46. The number of fused-ring (bicyclic) bond motifs is 2. The van der Waals surface area contributed by atoms with Crippen molar-refractivity contribution in [2.45, 2.75) is 38.4 Å². The van der Waals surface area contributed by atoms with Crippen LogP contribution in [0.1, 0.15) is 37.3 Å². The van der Waals surface area contributed by atoms with Gasteiger partial charge in [-0.2, -0.15) is 0 Å². The van der Waals surface area contributed by atoms with E-state index in [4.69, 9.17) is 9.47 Å². The number of piperidine rings is 1. The lowest BCUT2D eigenvalue weighted by molar-refractivity contribution is -0.143. The van der Waals surface area contributed by atoms with Crippen LogP contribution in [0.25, 0.3) is 0 Å². The van der Waals surface area contributed by atoms with E-state index in [0.717, 1.165) is 37.1 Å². The number of nitrogens with zero attached hydrogens (tertiary/aromatic N) is 1. The molecule has 1 saturated heterocycles. The highest BCUT2D eigenvalue weighted by molar-refractivity contribution is 5.69. The Morgan fingerprint density at radius 2 is 2.18 bits per heavy atom. The van der Waals surface area contributed by atoms with Crippen molar-refractivity contribution in [3.63, 3.8) is 0 Å². The Kier molecular flexibility index (Phi) is 4.45. The molecule has 1 fully saturated rings. The molecule has 120 valence electrons. The monoisotopic (exact) mass is 307 g/mol. The first-order valence-electron chi connectivity index (χ1n) is 7.94. The van der Waals surface area contributed by atoms with Crippen LogP contribution < -0.4 is 0 Å². The average Bonchev–Trinajstić information content (AvgIpc) is 2.85. The number of halogens is 1. The molecule has 0 amide bonds. The fraction of sp³-hybridized carbons (Fsp3) is 0.588. The molecule has 4 nitrogen and oxygen atoms in total. The number of rotatable bonds is 4. The summed E-state index contributed by atoms with van der Waals surface area (Å²) in [6.07, 6.45) is 2.10. The van der Waals surface area contributed by atoms with Crippen LogP contribution in [0, 0.1) is 5.82 Å². The molecule has 0 N–H and O–H groups in total. The van der Waals surface area contributed by atoms with Gasteiger partial charge in [-0.15, -0.1) is 0 Å². The van der Waals surface area contributed by atoms with Crippen molar-refractivity contribution < 1.29 is 18.7 Å². The van der Waals surface area contributed by atoms with Crippen molar-refractivity contribution in [2.75, 3.05) is 26.2 Å². The van der Waals surface area contributed by atoms with Crippen molar-refractivity contribution in [1.29, 1.82) is 0 Å². The minimum Gasteiger partial charge on any atom is -0.466 e. The molecule has 0 bridgehead atoms. The number of esters is 1. The average molecular weight is 307 g/mol. The number of hydrogen-bond acceptors (Lipinski definition) is 4. The molecule has 2 heterocycles. The predicted octanol–water partition coefficient (Wildman–Crippen LogP) is 2.60. The smallest absolute Gasteiger partial charge is 0.307 e. The standard InChI is InChI=1S/C17H22FNO3/c1-2-21-16(20)5-8-19-9-6-17(7-10-19)15-11-14(18)4-3-13(15)12-22-17/h3-4,11H,2,5-10,12H2,1H3. The van der Waals surface area contributed by atoms with Gasteiger partial charge in [0, 0.05) is 19.6 Å². The molecule has 0 saturated carbocycles. The quantitative estimate of drug-likeness (QED) is 0.802. The van der Waals surface area contributed by atoms with E-state index in [1.807, 2.05) is 13.0 Å². The summed E-state index contributed by atoms with van der Waals surface area (Å²) >= 11 is 0. The first-order chi connectivity index (χ1) is 10.6. The summed E-state index contributed by atoms with van der Waals surface area (Å²) in [5.74, 6) is -0.347. The third-order valence-corrected chi connectivity index (χ3v) is 4.67. The van der Waals surface area contributed by atoms with Crippen LogP contribution in [0.15, 0.2) is 18.2 Å². The molecule has 1 spiro atoms. The predicted molar refractivity (Wildman–Crippen MR) is 79.8 cm³/mol. The van der Waals surface area contributed by atoms with E-state index in [1.165, 1.54) is 6.07 Å². The molecule has 22 heavy (non-hydrogen) atoms. The summed E-state index contributed by atoms with van der Waals surface area (Å²) in [6.45, 7) is 5.24. The van der Waals surface area contributed by atoms with E-state index in [2.05, 4.69) is 4.90 Å². The van der Waals surface area contributed by atoms with Gasteiger partial charge < -0.3 is 14.4 Å². The normalized spacial score (nSPS) is 20.1. The Balaban J connectivity index is 1.59. The Bertz CT molecular complexity index is 553. The Morgan fingerprint density at radius 3 is 2.91 bits per heavy atom. The molecule has 1 aromatic carbocycles. The van der Waals surface area contributed by atoms with Crippen molar-refractivity contribution in [3.05, 3.63) is 35.1 Å². The van der Waals surface area contributed by atoms with E-state index in [9.17, 15) is 9.18 Å². The summed E-state index contributed by atoms with van der Waals surface area (Å²) in [6, 6.07) is 4.94. The zero-order valence-corrected chi connectivity index (χ0v) is 12.9. The van der Waals surface area contributed by atoms with Crippen LogP contribution in [-0.4, -0.2) is 37.1 Å². The second kappa shape index (κ2) is 6.34. The van der Waals surface area contributed by atoms with Gasteiger partial charge >= 0.3 is 5.97 Å². The SMILES string of the molecule is CCOC(=O)CCN1CCC2(CC1)OCc1ccc(F)cc12. The molecule has 0 radical (unpaired) electrons. The van der Waals surface area contributed by atoms with Crippen molar-refractivity contribution in [1.82, 2.24) is 4.90 Å². The lowest BCUT2D eigenvalue weighted by atomic mass is 9.83. The van der Waals surface area contributed by atoms with Crippen molar-refractivity contribution in [3.8, 4) is 0 Å². The maximum atomic E-state index is 13.5. The number of carbonyl (C=O) groups is 1. The maximum Gasteiger partial charge on any atom is 0.307 e. The summed E-state index contributed by atoms with van der Waals surface area (Å²) in [5, 5.41) is 0. The van der Waals surface area contributed by atoms with Crippen LogP contribution in [0.5, 0.6) is 0 Å². The first-order valence-corrected chi connectivity index (χ1v) is 7.94. The molecule has 3 rings (SSSR count). The van der Waals surface area contributed by atoms with Gasteiger partial charge in [0.2, 0.25) is 0 Å². The second-order valence-electron chi connectivity index (χ2n) is 5.98. The fourth-order valence-electron chi connectivity index (χ4n) is 3.43. The Labute approximate surface area is 130 Å². The number of benzene rings is 1. The molecule has 2 aliphatic rings. The third-order valence-electron chi connectivity index (χ3n) is 4.67. The lowest BCUT2D eigenvalue weighted by Crippen LogP contribution is -2.43. The molecular formula is C17H22FNO3. The molecule has 0 unspecified atom stereocenters. The molecular weight excluding hydrogens is 285 g/mol. The van der Waals surface area contributed by atoms with Gasteiger partial charge in [0.25, 0.3) is 0 Å². The van der Waals surface area contributed by atoms with Gasteiger partial charge in [0.15, 0.2) is 0 Å². The number of likely N-dealkylation sites (tertiary alicyclic amines) is 1. The van der Waals surface area contributed by atoms with E-state index >= 15 is 0 Å². The highest BCUT2D eigenvalue weighted by atomic mass is 19.1. The van der Waals surface area contributed by atoms with E-state index < -0.39 is 0 Å². The highest BCUT2D eigenvalue weighted by Gasteiger charge is 2.42. The largest absolute Gasteiger partial charge is 0.466 e. The van der Waals surface area contributed by atoms with E-state index in [1.54, 1.807) is 6.07 Å². The fourth-order valence-corrected chi connectivity index (χ4v) is 3.43. The lowest BCUT2D eigenvalue weighted by Gasteiger charge is -2.39. The van der Waals surface area contributed by atoms with Crippen LogP contribution in [0.4, 0.5) is 4.39 Å². The van der Waals surface area contributed by atoms with E-state index in [0.29, 0.717) is 26.2 Å². The van der Waals surface area contributed by atoms with Crippen LogP contribution in [-0.2, 0) is 26.5 Å². The zero-order valence-electron chi connectivity index (χ0n) is 12.9. The van der Waals surface area contributed by atoms with Crippen molar-refractivity contribution in [2.24, 2.45) is 0 Å². The van der Waals surface area contributed by atoms with Gasteiger partial charge in [0.05, 0.1) is 25.2 Å². The summed E-state index contributed by atoms with van der Waals surface area (Å²) in [5.41, 5.74) is 1.77. The minimum absolute atomic E-state index is 0.146. The molecule has 0 atom stereocenters. The number of carbonyl (C=O) groups excluding carboxylic acids is 1. The molecule has 1 aromatic rings. The van der Waals surface area contributed by atoms with Crippen LogP contribution >= 0.6 is 0 Å². The van der Waals surface area contributed by atoms with Gasteiger partial charge in [0.1, 0.15) is 5.82 Å². The van der Waals surface area contributed by atoms with Gasteiger partial charge in [-0.3, -0.25) is 4.79 Å². The maximum absolute atomic E-state index is 13.5. The van der Waals surface area contributed by atoms with Gasteiger partial charge in [-0.1, -0.05) is 6.07 Å². The minimum atomic E-state index is -0.335. The van der Waals surface area contributed by atoms with Gasteiger partial charge in [-0.05, 0) is 43.0 Å². The summed E-state index contributed by atoms with van der Waals surface area (Å²) < 4.78 is 24.5. The third kappa shape index (κ3) is 3.01. The second-order valence-corrected chi connectivity index (χ2v) is 5.98. The molecule has 0 aromatic heterocycles. The molecule has 5 heteroatoms.